The molecule has 2 aromatic heterocycles. The van der Waals surface area contributed by atoms with E-state index in [9.17, 15) is 19.7 Å². The van der Waals surface area contributed by atoms with Gasteiger partial charge in [0.05, 0.1) is 4.92 Å². The summed E-state index contributed by atoms with van der Waals surface area (Å²) in [6.45, 7) is 5.69. The first-order valence-corrected chi connectivity index (χ1v) is 10.6. The summed E-state index contributed by atoms with van der Waals surface area (Å²) in [5.74, 6) is 0.110. The highest BCUT2D eigenvalue weighted by atomic mass is 16.6. The first-order chi connectivity index (χ1) is 14.8. The van der Waals surface area contributed by atoms with Crippen molar-refractivity contribution in [2.45, 2.75) is 38.8 Å². The zero-order valence-corrected chi connectivity index (χ0v) is 17.5. The van der Waals surface area contributed by atoms with Crippen LogP contribution in [0.25, 0.3) is 10.9 Å². The van der Waals surface area contributed by atoms with Crippen molar-refractivity contribution in [2.75, 3.05) is 13.1 Å². The second-order valence-electron chi connectivity index (χ2n) is 8.88. The topological polar surface area (TPSA) is 90.4 Å². The van der Waals surface area contributed by atoms with Gasteiger partial charge < -0.3 is 14.0 Å². The number of amides is 1. The lowest BCUT2D eigenvalue weighted by Gasteiger charge is -2.42. The van der Waals surface area contributed by atoms with Crippen molar-refractivity contribution in [3.05, 3.63) is 74.3 Å². The van der Waals surface area contributed by atoms with Gasteiger partial charge >= 0.3 is 11.2 Å². The Morgan fingerprint density at radius 1 is 1.13 bits per heavy atom. The summed E-state index contributed by atoms with van der Waals surface area (Å²) < 4.78 is 3.70. The molecule has 160 valence electrons. The van der Waals surface area contributed by atoms with Crippen molar-refractivity contribution in [1.29, 1.82) is 0 Å². The number of hydrogen-bond donors (Lipinski definition) is 0. The maximum atomic E-state index is 13.5. The Balaban J connectivity index is 1.48. The van der Waals surface area contributed by atoms with Gasteiger partial charge in [0.15, 0.2) is 0 Å². The van der Waals surface area contributed by atoms with Gasteiger partial charge in [0, 0.05) is 66.0 Å². The Morgan fingerprint density at radius 2 is 1.94 bits per heavy atom. The van der Waals surface area contributed by atoms with Crippen molar-refractivity contribution < 1.29 is 9.72 Å². The third kappa shape index (κ3) is 3.05. The Kier molecular flexibility index (Phi) is 4.46. The second kappa shape index (κ2) is 7.08. The van der Waals surface area contributed by atoms with Gasteiger partial charge in [0.2, 0.25) is 0 Å². The molecule has 0 N–H and O–H groups in total. The first-order valence-electron chi connectivity index (χ1n) is 10.6. The number of nitro groups is 1. The van der Waals surface area contributed by atoms with Crippen LogP contribution in [0.3, 0.4) is 0 Å². The predicted molar refractivity (Wildman–Crippen MR) is 116 cm³/mol. The molecule has 1 aromatic carbocycles. The Morgan fingerprint density at radius 3 is 2.68 bits per heavy atom. The fraction of sp³-hybridized carbons (Fsp3) is 0.391. The molecule has 0 radical (unpaired) electrons. The quantitative estimate of drug-likeness (QED) is 0.479. The normalized spacial score (nSPS) is 20.2. The molecule has 2 bridgehead atoms. The second-order valence-corrected chi connectivity index (χ2v) is 8.88. The summed E-state index contributed by atoms with van der Waals surface area (Å²) in [4.78, 5) is 38.5. The lowest BCUT2D eigenvalue weighted by atomic mass is 9.83. The summed E-state index contributed by atoms with van der Waals surface area (Å²) in [6, 6.07) is 11.1. The van der Waals surface area contributed by atoms with Gasteiger partial charge in [-0.1, -0.05) is 6.07 Å². The fourth-order valence-electron chi connectivity index (χ4n) is 5.23. The molecule has 3 aromatic rings. The number of benzene rings is 1. The average Bonchev–Trinajstić information content (AvgIpc) is 3.18. The van der Waals surface area contributed by atoms with Crippen LogP contribution in [0.2, 0.25) is 0 Å². The van der Waals surface area contributed by atoms with Gasteiger partial charge in [0.25, 0.3) is 5.91 Å². The van der Waals surface area contributed by atoms with Gasteiger partial charge in [-0.25, -0.2) is 0 Å². The number of carbonyl (C=O) groups is 1. The van der Waals surface area contributed by atoms with E-state index >= 15 is 0 Å². The highest BCUT2D eigenvalue weighted by Crippen LogP contribution is 2.36. The molecular formula is C23H24N4O4. The number of fused-ring (bicyclic) bond motifs is 5. The van der Waals surface area contributed by atoms with E-state index in [-0.39, 0.29) is 17.7 Å². The lowest BCUT2D eigenvalue weighted by molar-refractivity contribution is -0.386. The lowest BCUT2D eigenvalue weighted by Crippen LogP contribution is -2.49. The molecule has 2 aliphatic heterocycles. The van der Waals surface area contributed by atoms with E-state index in [1.165, 1.54) is 6.07 Å². The Hall–Kier alpha value is -3.42. The van der Waals surface area contributed by atoms with Gasteiger partial charge in [-0.15, -0.1) is 0 Å². The molecule has 0 aliphatic carbocycles. The third-order valence-electron chi connectivity index (χ3n) is 6.62. The number of piperidine rings is 1. The monoisotopic (exact) mass is 420 g/mol. The summed E-state index contributed by atoms with van der Waals surface area (Å²) in [5.41, 5.74) is 1.59. The molecule has 4 heterocycles. The largest absolute Gasteiger partial charge is 0.345 e. The van der Waals surface area contributed by atoms with Crippen LogP contribution in [-0.2, 0) is 6.54 Å². The van der Waals surface area contributed by atoms with Crippen LogP contribution in [0, 0.1) is 16.0 Å². The minimum Gasteiger partial charge on any atom is -0.345 e. The number of hydrogen-bond acceptors (Lipinski definition) is 4. The van der Waals surface area contributed by atoms with E-state index in [0.717, 1.165) is 23.0 Å². The van der Waals surface area contributed by atoms with Crippen molar-refractivity contribution in [3.63, 3.8) is 0 Å². The third-order valence-corrected chi connectivity index (χ3v) is 6.62. The molecule has 2 atom stereocenters. The molecule has 1 amide bonds. The molecule has 5 rings (SSSR count). The zero-order valence-electron chi connectivity index (χ0n) is 17.5. The highest BCUT2D eigenvalue weighted by Gasteiger charge is 2.38. The number of nitrogens with zero attached hydrogens (tertiary/aromatic N) is 4. The van der Waals surface area contributed by atoms with Crippen LogP contribution >= 0.6 is 0 Å². The molecule has 1 saturated heterocycles. The van der Waals surface area contributed by atoms with E-state index in [1.54, 1.807) is 10.6 Å². The van der Waals surface area contributed by atoms with Crippen molar-refractivity contribution in [3.8, 4) is 0 Å². The van der Waals surface area contributed by atoms with Crippen LogP contribution in [0.1, 0.15) is 48.3 Å². The molecule has 0 spiro atoms. The van der Waals surface area contributed by atoms with E-state index in [4.69, 9.17) is 0 Å². The fourth-order valence-corrected chi connectivity index (χ4v) is 5.23. The average molecular weight is 420 g/mol. The maximum Gasteiger partial charge on any atom is 0.334 e. The summed E-state index contributed by atoms with van der Waals surface area (Å²) >= 11 is 0. The van der Waals surface area contributed by atoms with Crippen molar-refractivity contribution in [1.82, 2.24) is 14.0 Å². The van der Waals surface area contributed by atoms with Crippen molar-refractivity contribution >= 4 is 22.5 Å². The predicted octanol–water partition coefficient (Wildman–Crippen LogP) is 3.55. The summed E-state index contributed by atoms with van der Waals surface area (Å²) in [5, 5.41) is 12.1. The molecule has 1 fully saturated rings. The maximum absolute atomic E-state index is 13.5. The van der Waals surface area contributed by atoms with E-state index in [1.807, 2.05) is 35.4 Å². The van der Waals surface area contributed by atoms with E-state index in [0.29, 0.717) is 31.2 Å². The minimum atomic E-state index is -0.625. The van der Waals surface area contributed by atoms with Gasteiger partial charge in [0.1, 0.15) is 0 Å². The first kappa shape index (κ1) is 19.5. The number of likely N-dealkylation sites (tertiary alicyclic amines) is 1. The van der Waals surface area contributed by atoms with E-state index in [2.05, 4.69) is 18.4 Å². The molecule has 2 unspecified atom stereocenters. The standard InChI is InChI=1S/C23H24N4O4/c1-14(2)25-9-8-17-18(4-3-5-20(17)25)22(28)24-11-15-10-16(13-24)19-6-7-21(27(30)31)23(29)26(19)12-15/h3-9,14-16H,10-13H2,1-2H3. The Bertz CT molecular complexity index is 1270. The number of carbonyl (C=O) groups excluding carboxylic acids is 1. The summed E-state index contributed by atoms with van der Waals surface area (Å²) in [7, 11) is 0. The van der Waals surface area contributed by atoms with Crippen LogP contribution in [0.15, 0.2) is 47.4 Å². The van der Waals surface area contributed by atoms with E-state index < -0.39 is 16.2 Å². The smallest absolute Gasteiger partial charge is 0.334 e. The number of pyridine rings is 1. The minimum absolute atomic E-state index is 0.000449. The zero-order chi connectivity index (χ0) is 21.9. The van der Waals surface area contributed by atoms with Gasteiger partial charge in [-0.2, -0.15) is 0 Å². The molecule has 2 aliphatic rings. The number of rotatable bonds is 3. The molecule has 0 saturated carbocycles. The van der Waals surface area contributed by atoms with Crippen LogP contribution < -0.4 is 5.56 Å². The van der Waals surface area contributed by atoms with Crippen LogP contribution in [-0.4, -0.2) is 38.0 Å². The molecule has 8 heteroatoms. The van der Waals surface area contributed by atoms with Crippen molar-refractivity contribution in [2.24, 2.45) is 5.92 Å². The van der Waals surface area contributed by atoms with Gasteiger partial charge in [-0.05, 0) is 50.5 Å². The summed E-state index contributed by atoms with van der Waals surface area (Å²) in [6.07, 6.45) is 2.90. The number of aromatic nitrogens is 2. The van der Waals surface area contributed by atoms with Gasteiger partial charge in [-0.3, -0.25) is 19.7 Å². The Labute approximate surface area is 178 Å². The molecular weight excluding hydrogens is 396 g/mol. The highest BCUT2D eigenvalue weighted by molar-refractivity contribution is 6.06. The molecule has 31 heavy (non-hydrogen) atoms. The van der Waals surface area contributed by atoms with Crippen LogP contribution in [0.4, 0.5) is 5.69 Å². The molecule has 8 nitrogen and oxygen atoms in total. The van der Waals surface area contributed by atoms with Crippen LogP contribution in [0.5, 0.6) is 0 Å². The SMILES string of the molecule is CC(C)n1ccc2c(C(=O)N3CC4CC(C3)c3ccc([N+](=O)[O-])c(=O)n3C4)cccc21.